The standard InChI is InChI=1S/C27H28N2O4/c1-19-17-20(15-16-24(19)29(31)32)18-23(26(30)33-27(2,3)4)28-25(21-11-7-5-8-12-21)22-13-9-6-10-14-22/h5-17,23H,18H2,1-4H3/t23-/m0/s1. The quantitative estimate of drug-likeness (QED) is 0.203. The van der Waals surface area contributed by atoms with E-state index in [-0.39, 0.29) is 12.1 Å². The van der Waals surface area contributed by atoms with Crippen LogP contribution in [0.3, 0.4) is 0 Å². The largest absolute Gasteiger partial charge is 0.458 e. The van der Waals surface area contributed by atoms with Crippen molar-refractivity contribution < 1.29 is 14.5 Å². The van der Waals surface area contributed by atoms with Gasteiger partial charge in [0.05, 0.1) is 10.6 Å². The molecular weight excluding hydrogens is 416 g/mol. The number of nitro groups is 1. The van der Waals surface area contributed by atoms with Crippen LogP contribution in [0.5, 0.6) is 0 Å². The van der Waals surface area contributed by atoms with E-state index in [1.807, 2.05) is 81.4 Å². The van der Waals surface area contributed by atoms with Crippen molar-refractivity contribution in [1.82, 2.24) is 0 Å². The molecule has 0 spiro atoms. The summed E-state index contributed by atoms with van der Waals surface area (Å²) in [4.78, 5) is 28.9. The lowest BCUT2D eigenvalue weighted by Gasteiger charge is -2.23. The highest BCUT2D eigenvalue weighted by molar-refractivity contribution is 6.13. The smallest absolute Gasteiger partial charge is 0.331 e. The number of aryl methyl sites for hydroxylation is 1. The van der Waals surface area contributed by atoms with Gasteiger partial charge in [-0.05, 0) is 39.3 Å². The number of rotatable bonds is 7. The summed E-state index contributed by atoms with van der Waals surface area (Å²) in [5.74, 6) is -0.442. The third-order valence-electron chi connectivity index (χ3n) is 4.95. The Morgan fingerprint density at radius 3 is 1.97 bits per heavy atom. The Labute approximate surface area is 194 Å². The van der Waals surface area contributed by atoms with Gasteiger partial charge in [0, 0.05) is 29.2 Å². The van der Waals surface area contributed by atoms with Gasteiger partial charge in [-0.1, -0.05) is 66.7 Å². The number of aliphatic imine (C=N–C) groups is 1. The monoisotopic (exact) mass is 444 g/mol. The maximum absolute atomic E-state index is 13.2. The second kappa shape index (κ2) is 10.2. The molecule has 3 aromatic rings. The van der Waals surface area contributed by atoms with Crippen LogP contribution in [0.15, 0.2) is 83.9 Å². The van der Waals surface area contributed by atoms with Crippen molar-refractivity contribution in [1.29, 1.82) is 0 Å². The van der Waals surface area contributed by atoms with Crippen molar-refractivity contribution in [3.63, 3.8) is 0 Å². The molecule has 0 radical (unpaired) electrons. The first-order valence-electron chi connectivity index (χ1n) is 10.8. The van der Waals surface area contributed by atoms with Crippen molar-refractivity contribution in [2.75, 3.05) is 0 Å². The molecule has 170 valence electrons. The van der Waals surface area contributed by atoms with E-state index in [4.69, 9.17) is 9.73 Å². The molecule has 0 bridgehead atoms. The van der Waals surface area contributed by atoms with Crippen LogP contribution < -0.4 is 0 Å². The number of hydrogen-bond donors (Lipinski definition) is 0. The second-order valence-corrected chi connectivity index (χ2v) is 8.84. The molecule has 0 aliphatic rings. The van der Waals surface area contributed by atoms with Gasteiger partial charge in [0.25, 0.3) is 5.69 Å². The number of carbonyl (C=O) groups is 1. The van der Waals surface area contributed by atoms with Crippen LogP contribution in [-0.4, -0.2) is 28.2 Å². The van der Waals surface area contributed by atoms with Gasteiger partial charge in [0.1, 0.15) is 5.60 Å². The molecule has 0 saturated carbocycles. The zero-order valence-electron chi connectivity index (χ0n) is 19.3. The minimum absolute atomic E-state index is 0.0466. The Kier molecular flexibility index (Phi) is 7.38. The SMILES string of the molecule is Cc1cc(C[C@H](N=C(c2ccccc2)c2ccccc2)C(=O)OC(C)(C)C)ccc1[N+](=O)[O-]. The fraction of sp³-hybridized carbons (Fsp3) is 0.259. The van der Waals surface area contributed by atoms with E-state index in [1.54, 1.807) is 19.1 Å². The van der Waals surface area contributed by atoms with Crippen LogP contribution in [0.25, 0.3) is 0 Å². The van der Waals surface area contributed by atoms with Gasteiger partial charge >= 0.3 is 5.97 Å². The average molecular weight is 445 g/mol. The summed E-state index contributed by atoms with van der Waals surface area (Å²) in [7, 11) is 0. The van der Waals surface area contributed by atoms with Gasteiger partial charge in [0.15, 0.2) is 6.04 Å². The number of benzene rings is 3. The number of nitro benzene ring substituents is 1. The predicted octanol–water partition coefficient (Wildman–Crippen LogP) is 5.69. The molecule has 6 heteroatoms. The molecular formula is C27H28N2O4. The summed E-state index contributed by atoms with van der Waals surface area (Å²) >= 11 is 0. The van der Waals surface area contributed by atoms with Crippen LogP contribution in [0, 0.1) is 17.0 Å². The summed E-state index contributed by atoms with van der Waals surface area (Å²) in [6, 6.07) is 23.4. The Morgan fingerprint density at radius 2 is 1.52 bits per heavy atom. The maximum Gasteiger partial charge on any atom is 0.331 e. The zero-order valence-corrected chi connectivity index (χ0v) is 19.3. The van der Waals surface area contributed by atoms with Crippen LogP contribution >= 0.6 is 0 Å². The van der Waals surface area contributed by atoms with Crippen LogP contribution in [0.2, 0.25) is 0 Å². The Balaban J connectivity index is 2.07. The highest BCUT2D eigenvalue weighted by atomic mass is 16.6. The fourth-order valence-corrected chi connectivity index (χ4v) is 3.49. The molecule has 6 nitrogen and oxygen atoms in total. The number of ether oxygens (including phenoxy) is 1. The number of nitrogens with zero attached hydrogens (tertiary/aromatic N) is 2. The summed E-state index contributed by atoms with van der Waals surface area (Å²) < 4.78 is 5.68. The van der Waals surface area contributed by atoms with E-state index < -0.39 is 22.5 Å². The number of esters is 1. The summed E-state index contributed by atoms with van der Waals surface area (Å²) in [6.45, 7) is 7.14. The molecule has 3 rings (SSSR count). The van der Waals surface area contributed by atoms with Crippen molar-refractivity contribution >= 4 is 17.4 Å². The van der Waals surface area contributed by atoms with Gasteiger partial charge < -0.3 is 4.74 Å². The van der Waals surface area contributed by atoms with Gasteiger partial charge in [-0.2, -0.15) is 0 Å². The molecule has 33 heavy (non-hydrogen) atoms. The molecule has 0 unspecified atom stereocenters. The molecule has 0 heterocycles. The first-order valence-corrected chi connectivity index (χ1v) is 10.8. The van der Waals surface area contributed by atoms with Crippen molar-refractivity contribution in [2.45, 2.75) is 45.8 Å². The van der Waals surface area contributed by atoms with Gasteiger partial charge in [0.2, 0.25) is 0 Å². The molecule has 0 aliphatic heterocycles. The molecule has 1 atom stereocenters. The Morgan fingerprint density at radius 1 is 0.970 bits per heavy atom. The molecule has 0 aromatic heterocycles. The van der Waals surface area contributed by atoms with Gasteiger partial charge in [-0.3, -0.25) is 15.1 Å². The lowest BCUT2D eigenvalue weighted by atomic mass is 9.99. The van der Waals surface area contributed by atoms with Gasteiger partial charge in [-0.25, -0.2) is 4.79 Å². The maximum atomic E-state index is 13.2. The minimum Gasteiger partial charge on any atom is -0.458 e. The lowest BCUT2D eigenvalue weighted by Crippen LogP contribution is -2.33. The average Bonchev–Trinajstić information content (AvgIpc) is 2.76. The predicted molar refractivity (Wildman–Crippen MR) is 130 cm³/mol. The summed E-state index contributed by atoms with van der Waals surface area (Å²) in [5, 5.41) is 11.2. The van der Waals surface area contributed by atoms with Crippen molar-refractivity contribution in [3.8, 4) is 0 Å². The molecule has 0 saturated heterocycles. The van der Waals surface area contributed by atoms with Crippen LogP contribution in [-0.2, 0) is 16.0 Å². The van der Waals surface area contributed by atoms with E-state index in [0.29, 0.717) is 11.3 Å². The van der Waals surface area contributed by atoms with E-state index in [0.717, 1.165) is 16.7 Å². The topological polar surface area (TPSA) is 81.8 Å². The second-order valence-electron chi connectivity index (χ2n) is 8.84. The zero-order chi connectivity index (χ0) is 24.0. The normalized spacial score (nSPS) is 12.0. The van der Waals surface area contributed by atoms with Crippen LogP contribution in [0.1, 0.15) is 43.0 Å². The van der Waals surface area contributed by atoms with Crippen LogP contribution in [0.4, 0.5) is 5.69 Å². The third-order valence-corrected chi connectivity index (χ3v) is 4.95. The first-order chi connectivity index (χ1) is 15.6. The Hall–Kier alpha value is -3.80. The van der Waals surface area contributed by atoms with Gasteiger partial charge in [-0.15, -0.1) is 0 Å². The highest BCUT2D eigenvalue weighted by Gasteiger charge is 2.27. The Bertz CT molecular complexity index is 1110. The molecule has 0 aliphatic carbocycles. The minimum atomic E-state index is -0.819. The van der Waals surface area contributed by atoms with Crippen molar-refractivity contribution in [3.05, 3.63) is 111 Å². The highest BCUT2D eigenvalue weighted by Crippen LogP contribution is 2.22. The first kappa shape index (κ1) is 23.9. The number of carbonyl (C=O) groups excluding carboxylic acids is 1. The third kappa shape index (κ3) is 6.59. The molecule has 0 N–H and O–H groups in total. The van der Waals surface area contributed by atoms with E-state index in [2.05, 4.69) is 0 Å². The van der Waals surface area contributed by atoms with Crippen molar-refractivity contribution in [2.24, 2.45) is 4.99 Å². The van der Waals surface area contributed by atoms with E-state index in [9.17, 15) is 14.9 Å². The van der Waals surface area contributed by atoms with E-state index in [1.165, 1.54) is 6.07 Å². The molecule has 0 amide bonds. The molecule has 3 aromatic carbocycles. The molecule has 0 fully saturated rings. The lowest BCUT2D eigenvalue weighted by molar-refractivity contribution is -0.385. The number of hydrogen-bond acceptors (Lipinski definition) is 5. The fourth-order valence-electron chi connectivity index (χ4n) is 3.49. The van der Waals surface area contributed by atoms with E-state index >= 15 is 0 Å². The summed E-state index contributed by atoms with van der Waals surface area (Å²) in [6.07, 6.45) is 0.261. The summed E-state index contributed by atoms with van der Waals surface area (Å²) in [5.41, 5.74) is 3.15.